The van der Waals surface area contributed by atoms with Crippen molar-refractivity contribution in [3.05, 3.63) is 41.2 Å². The Kier molecular flexibility index (Phi) is 3.88. The highest BCUT2D eigenvalue weighted by Crippen LogP contribution is 2.15. The Hall–Kier alpha value is -1.95. The monoisotopic (exact) mass is 263 g/mol. The van der Waals surface area contributed by atoms with Crippen molar-refractivity contribution in [3.63, 3.8) is 0 Å². The van der Waals surface area contributed by atoms with Crippen molar-refractivity contribution in [2.24, 2.45) is 0 Å². The fourth-order valence-corrected chi connectivity index (χ4v) is 2.17. The molecule has 1 aromatic heterocycles. The molecule has 5 nitrogen and oxygen atoms in total. The van der Waals surface area contributed by atoms with Crippen LogP contribution in [-0.4, -0.2) is 20.4 Å². The van der Waals surface area contributed by atoms with Crippen molar-refractivity contribution < 1.29 is 9.90 Å². The number of carbonyl (C=O) groups is 1. The van der Waals surface area contributed by atoms with Crippen molar-refractivity contribution in [2.45, 2.75) is 19.9 Å². The quantitative estimate of drug-likeness (QED) is 0.864. The lowest BCUT2D eigenvalue weighted by Crippen LogP contribution is -2.07. The van der Waals surface area contributed by atoms with Crippen LogP contribution in [0.25, 0.3) is 0 Å². The maximum Gasteiger partial charge on any atom is 0.307 e. The molecule has 0 bridgehead atoms. The van der Waals surface area contributed by atoms with Gasteiger partial charge in [0.15, 0.2) is 0 Å². The van der Waals surface area contributed by atoms with Crippen molar-refractivity contribution in [1.82, 2.24) is 9.36 Å². The van der Waals surface area contributed by atoms with Gasteiger partial charge in [0.05, 0.1) is 6.42 Å². The molecule has 0 atom stereocenters. The van der Waals surface area contributed by atoms with Crippen LogP contribution in [0.5, 0.6) is 0 Å². The summed E-state index contributed by atoms with van der Waals surface area (Å²) in [7, 11) is 0. The Morgan fingerprint density at radius 2 is 2.11 bits per heavy atom. The zero-order valence-corrected chi connectivity index (χ0v) is 10.7. The maximum atomic E-state index is 10.8. The van der Waals surface area contributed by atoms with Crippen LogP contribution >= 0.6 is 11.5 Å². The summed E-state index contributed by atoms with van der Waals surface area (Å²) < 4.78 is 4.07. The smallest absolute Gasteiger partial charge is 0.307 e. The molecule has 0 radical (unpaired) electrons. The lowest BCUT2D eigenvalue weighted by molar-refractivity contribution is -0.136. The third-order valence-corrected chi connectivity index (χ3v) is 3.18. The van der Waals surface area contributed by atoms with E-state index >= 15 is 0 Å². The molecule has 0 unspecified atom stereocenters. The van der Waals surface area contributed by atoms with Gasteiger partial charge in [0.1, 0.15) is 5.82 Å². The average Bonchev–Trinajstić information content (AvgIpc) is 2.73. The first-order chi connectivity index (χ1) is 8.65. The summed E-state index contributed by atoms with van der Waals surface area (Å²) in [5.41, 5.74) is 1.78. The minimum atomic E-state index is -0.825. The van der Waals surface area contributed by atoms with Crippen molar-refractivity contribution >= 4 is 22.6 Å². The van der Waals surface area contributed by atoms with Gasteiger partial charge in [-0.1, -0.05) is 24.3 Å². The number of anilines is 1. The van der Waals surface area contributed by atoms with Crippen LogP contribution in [0.1, 0.15) is 17.0 Å². The summed E-state index contributed by atoms with van der Waals surface area (Å²) in [5.74, 6) is -0.0875. The third kappa shape index (κ3) is 3.27. The molecule has 1 aromatic carbocycles. The van der Waals surface area contributed by atoms with Gasteiger partial charge in [0, 0.05) is 18.1 Å². The number of aliphatic carboxylic acids is 1. The predicted octanol–water partition coefficient (Wildman–Crippen LogP) is 2.09. The van der Waals surface area contributed by atoms with Gasteiger partial charge in [-0.15, -0.1) is 0 Å². The minimum Gasteiger partial charge on any atom is -0.481 e. The van der Waals surface area contributed by atoms with Crippen molar-refractivity contribution in [2.75, 3.05) is 5.32 Å². The standard InChI is InChI=1S/C12H13N3O2S/c1-8-14-12(18-15-8)13-7-10-5-3-2-4-9(10)6-11(16)17/h2-5H,6-7H2,1H3,(H,16,17)(H,13,14,15). The average molecular weight is 263 g/mol. The second kappa shape index (κ2) is 5.59. The number of hydrogen-bond acceptors (Lipinski definition) is 5. The Balaban J connectivity index is 2.06. The maximum absolute atomic E-state index is 10.8. The molecule has 2 N–H and O–H groups in total. The zero-order chi connectivity index (χ0) is 13.0. The highest BCUT2D eigenvalue weighted by molar-refractivity contribution is 7.09. The largest absolute Gasteiger partial charge is 0.481 e. The number of nitrogens with zero attached hydrogens (tertiary/aromatic N) is 2. The Bertz CT molecular complexity index is 554. The molecule has 2 aromatic rings. The van der Waals surface area contributed by atoms with Crippen molar-refractivity contribution in [1.29, 1.82) is 0 Å². The second-order valence-corrected chi connectivity index (χ2v) is 4.59. The van der Waals surface area contributed by atoms with Crippen molar-refractivity contribution in [3.8, 4) is 0 Å². The predicted molar refractivity (Wildman–Crippen MR) is 69.8 cm³/mol. The molecule has 18 heavy (non-hydrogen) atoms. The SMILES string of the molecule is Cc1nsc(NCc2ccccc2CC(=O)O)n1. The van der Waals surface area contributed by atoms with Gasteiger partial charge in [-0.3, -0.25) is 4.79 Å². The van der Waals surface area contributed by atoms with Gasteiger partial charge in [-0.25, -0.2) is 4.98 Å². The van der Waals surface area contributed by atoms with E-state index in [9.17, 15) is 4.79 Å². The van der Waals surface area contributed by atoms with E-state index in [0.29, 0.717) is 6.54 Å². The number of hydrogen-bond donors (Lipinski definition) is 2. The van der Waals surface area contributed by atoms with Gasteiger partial charge in [0.25, 0.3) is 0 Å². The molecule has 0 saturated carbocycles. The van der Waals surface area contributed by atoms with Gasteiger partial charge in [-0.05, 0) is 18.1 Å². The number of aryl methyl sites for hydroxylation is 1. The van der Waals surface area contributed by atoms with Gasteiger partial charge in [0.2, 0.25) is 5.13 Å². The molecule has 0 aliphatic carbocycles. The first kappa shape index (κ1) is 12.5. The van der Waals surface area contributed by atoms with Crippen LogP contribution < -0.4 is 5.32 Å². The number of carboxylic acids is 1. The van der Waals surface area contributed by atoms with Crippen LogP contribution in [0.15, 0.2) is 24.3 Å². The van der Waals surface area contributed by atoms with Gasteiger partial charge >= 0.3 is 5.97 Å². The summed E-state index contributed by atoms with van der Waals surface area (Å²) in [6.07, 6.45) is 0.0347. The van der Waals surface area contributed by atoms with Crippen LogP contribution in [0.2, 0.25) is 0 Å². The number of nitrogens with one attached hydrogen (secondary N) is 1. The molecule has 0 fully saturated rings. The number of carboxylic acid groups (broad SMARTS) is 1. The molecule has 0 aliphatic rings. The first-order valence-electron chi connectivity index (χ1n) is 5.48. The highest BCUT2D eigenvalue weighted by Gasteiger charge is 2.07. The van der Waals surface area contributed by atoms with E-state index in [-0.39, 0.29) is 6.42 Å². The molecule has 0 saturated heterocycles. The van der Waals surface area contributed by atoms with E-state index < -0.39 is 5.97 Å². The minimum absolute atomic E-state index is 0.0347. The Labute approximate surface area is 109 Å². The van der Waals surface area contributed by atoms with Gasteiger partial charge < -0.3 is 10.4 Å². The Morgan fingerprint density at radius 3 is 2.72 bits per heavy atom. The third-order valence-electron chi connectivity index (χ3n) is 2.42. The summed E-state index contributed by atoms with van der Waals surface area (Å²) in [6.45, 7) is 2.39. The zero-order valence-electron chi connectivity index (χ0n) is 9.88. The van der Waals surface area contributed by atoms with Crippen LogP contribution in [0.4, 0.5) is 5.13 Å². The summed E-state index contributed by atoms with van der Waals surface area (Å²) in [6, 6.07) is 7.49. The molecule has 6 heteroatoms. The summed E-state index contributed by atoms with van der Waals surface area (Å²) >= 11 is 1.30. The van der Waals surface area contributed by atoms with Crippen LogP contribution in [-0.2, 0) is 17.8 Å². The fourth-order valence-electron chi connectivity index (χ4n) is 1.61. The Morgan fingerprint density at radius 1 is 1.39 bits per heavy atom. The van der Waals surface area contributed by atoms with Crippen LogP contribution in [0.3, 0.4) is 0 Å². The molecular weight excluding hydrogens is 250 g/mol. The summed E-state index contributed by atoms with van der Waals surface area (Å²) in [5, 5.41) is 12.7. The first-order valence-corrected chi connectivity index (χ1v) is 6.25. The van der Waals surface area contributed by atoms with E-state index in [1.807, 2.05) is 31.2 Å². The molecule has 1 heterocycles. The molecule has 0 spiro atoms. The van der Waals surface area contributed by atoms with Crippen LogP contribution in [0, 0.1) is 6.92 Å². The number of benzene rings is 1. The van der Waals surface area contributed by atoms with E-state index in [1.165, 1.54) is 11.5 Å². The normalized spacial score (nSPS) is 10.3. The topological polar surface area (TPSA) is 75.1 Å². The molecule has 0 aliphatic heterocycles. The lowest BCUT2D eigenvalue weighted by atomic mass is 10.0. The van der Waals surface area contributed by atoms with E-state index in [1.54, 1.807) is 0 Å². The van der Waals surface area contributed by atoms with E-state index in [2.05, 4.69) is 14.7 Å². The summed E-state index contributed by atoms with van der Waals surface area (Å²) in [4.78, 5) is 15.0. The molecule has 94 valence electrons. The molecule has 2 rings (SSSR count). The highest BCUT2D eigenvalue weighted by atomic mass is 32.1. The second-order valence-electron chi connectivity index (χ2n) is 3.84. The number of rotatable bonds is 5. The fraction of sp³-hybridized carbons (Fsp3) is 0.250. The molecule has 0 amide bonds. The lowest BCUT2D eigenvalue weighted by Gasteiger charge is -2.07. The molecular formula is C12H13N3O2S. The van der Waals surface area contributed by atoms with Gasteiger partial charge in [-0.2, -0.15) is 4.37 Å². The van der Waals surface area contributed by atoms with E-state index in [4.69, 9.17) is 5.11 Å². The number of aromatic nitrogens is 2. The van der Waals surface area contributed by atoms with E-state index in [0.717, 1.165) is 22.1 Å².